The molecule has 3 rings (SSSR count). The highest BCUT2D eigenvalue weighted by Gasteiger charge is 2.17. The molecule has 1 aliphatic rings. The molecule has 0 saturated heterocycles. The summed E-state index contributed by atoms with van der Waals surface area (Å²) < 4.78 is 9.28. The van der Waals surface area contributed by atoms with E-state index in [0.717, 1.165) is 36.6 Å². The fourth-order valence-electron chi connectivity index (χ4n) is 2.40. The van der Waals surface area contributed by atoms with Crippen molar-refractivity contribution in [1.82, 2.24) is 14.3 Å². The van der Waals surface area contributed by atoms with E-state index in [1.165, 1.54) is 0 Å². The monoisotopic (exact) mass is 304 g/mol. The van der Waals surface area contributed by atoms with Crippen molar-refractivity contribution in [2.45, 2.75) is 25.9 Å². The third-order valence-electron chi connectivity index (χ3n) is 3.45. The minimum Gasteiger partial charge on any atom is -0.497 e. The number of amides is 1. The number of carbonyl (C=O) groups is 1. The van der Waals surface area contributed by atoms with Gasteiger partial charge in [0.1, 0.15) is 18.1 Å². The molecule has 1 N–H and O–H groups in total. The first kappa shape index (κ1) is 13.8. The number of aromatic nitrogens is 3. The number of nitrogens with one attached hydrogen (secondary N) is 1. The smallest absolute Gasteiger partial charge is 0.246 e. The summed E-state index contributed by atoms with van der Waals surface area (Å²) >= 11 is 5.33. The minimum atomic E-state index is -0.145. The van der Waals surface area contributed by atoms with Crippen molar-refractivity contribution in [3.8, 4) is 5.75 Å². The number of anilines is 1. The summed E-state index contributed by atoms with van der Waals surface area (Å²) in [5, 5.41) is 7.22. The van der Waals surface area contributed by atoms with Crippen molar-refractivity contribution >= 4 is 23.8 Å². The number of fused-ring (bicyclic) bond motifs is 1. The van der Waals surface area contributed by atoms with E-state index in [1.54, 1.807) is 36.1 Å². The SMILES string of the molecule is COc1ccc(NC(=O)Cn2nc3n(c2=S)CCC3)cc1. The van der Waals surface area contributed by atoms with Crippen molar-refractivity contribution < 1.29 is 9.53 Å². The number of ether oxygens (including phenoxy) is 1. The van der Waals surface area contributed by atoms with Crippen LogP contribution < -0.4 is 10.1 Å². The van der Waals surface area contributed by atoms with Gasteiger partial charge in [-0.3, -0.25) is 4.79 Å². The van der Waals surface area contributed by atoms with E-state index in [0.29, 0.717) is 4.77 Å². The predicted octanol–water partition coefficient (Wildman–Crippen LogP) is 2.01. The van der Waals surface area contributed by atoms with Crippen LogP contribution >= 0.6 is 12.2 Å². The quantitative estimate of drug-likeness (QED) is 0.878. The lowest BCUT2D eigenvalue weighted by molar-refractivity contribution is -0.116. The van der Waals surface area contributed by atoms with Crippen LogP contribution in [-0.4, -0.2) is 27.4 Å². The molecule has 1 amide bonds. The van der Waals surface area contributed by atoms with E-state index in [4.69, 9.17) is 17.0 Å². The van der Waals surface area contributed by atoms with Gasteiger partial charge >= 0.3 is 0 Å². The number of hydrogen-bond acceptors (Lipinski definition) is 4. The molecule has 21 heavy (non-hydrogen) atoms. The molecule has 110 valence electrons. The summed E-state index contributed by atoms with van der Waals surface area (Å²) in [5.74, 6) is 1.58. The van der Waals surface area contributed by atoms with E-state index >= 15 is 0 Å². The Labute approximate surface area is 127 Å². The Morgan fingerprint density at radius 1 is 1.43 bits per heavy atom. The van der Waals surface area contributed by atoms with Crippen molar-refractivity contribution in [1.29, 1.82) is 0 Å². The van der Waals surface area contributed by atoms with Crippen molar-refractivity contribution in [2.75, 3.05) is 12.4 Å². The second kappa shape index (κ2) is 5.69. The van der Waals surface area contributed by atoms with Gasteiger partial charge in [-0.25, -0.2) is 4.68 Å². The van der Waals surface area contributed by atoms with Gasteiger partial charge in [0.2, 0.25) is 5.91 Å². The highest BCUT2D eigenvalue weighted by molar-refractivity contribution is 7.71. The molecule has 7 heteroatoms. The van der Waals surface area contributed by atoms with Crippen LogP contribution in [0.5, 0.6) is 5.75 Å². The molecule has 1 aromatic heterocycles. The number of rotatable bonds is 4. The van der Waals surface area contributed by atoms with Gasteiger partial charge in [0.15, 0.2) is 4.77 Å². The van der Waals surface area contributed by atoms with Crippen LogP contribution in [0.2, 0.25) is 0 Å². The Morgan fingerprint density at radius 3 is 2.86 bits per heavy atom. The zero-order chi connectivity index (χ0) is 14.8. The minimum absolute atomic E-state index is 0.130. The van der Waals surface area contributed by atoms with Crippen LogP contribution in [-0.2, 0) is 24.3 Å². The van der Waals surface area contributed by atoms with E-state index in [2.05, 4.69) is 10.4 Å². The number of benzene rings is 1. The summed E-state index contributed by atoms with van der Waals surface area (Å²) in [5.41, 5.74) is 0.721. The molecule has 0 atom stereocenters. The Kier molecular flexibility index (Phi) is 3.74. The summed E-state index contributed by atoms with van der Waals surface area (Å²) in [4.78, 5) is 12.1. The number of hydrogen-bond donors (Lipinski definition) is 1. The van der Waals surface area contributed by atoms with Crippen LogP contribution in [0.1, 0.15) is 12.2 Å². The summed E-state index contributed by atoms with van der Waals surface area (Å²) in [6.45, 7) is 1.03. The van der Waals surface area contributed by atoms with Gasteiger partial charge in [-0.15, -0.1) is 0 Å². The zero-order valence-corrected chi connectivity index (χ0v) is 12.5. The zero-order valence-electron chi connectivity index (χ0n) is 11.7. The van der Waals surface area contributed by atoms with Crippen LogP contribution in [0.4, 0.5) is 5.69 Å². The van der Waals surface area contributed by atoms with Crippen molar-refractivity contribution in [2.24, 2.45) is 0 Å². The number of methoxy groups -OCH3 is 1. The first-order chi connectivity index (χ1) is 10.2. The number of nitrogens with zero attached hydrogens (tertiary/aromatic N) is 3. The maximum atomic E-state index is 12.1. The number of aryl methyl sites for hydroxylation is 1. The Bertz CT molecular complexity index is 718. The Morgan fingerprint density at radius 2 is 2.19 bits per heavy atom. The molecule has 0 spiro atoms. The molecule has 0 aliphatic carbocycles. The average molecular weight is 304 g/mol. The molecule has 1 aromatic carbocycles. The standard InChI is InChI=1S/C14H16N4O2S/c1-20-11-6-4-10(5-7-11)15-13(19)9-18-14(21)17-8-2-3-12(17)16-18/h4-7H,2-3,8-9H2,1H3,(H,15,19). The lowest BCUT2D eigenvalue weighted by Crippen LogP contribution is -2.20. The third-order valence-corrected chi connectivity index (χ3v) is 3.88. The highest BCUT2D eigenvalue weighted by atomic mass is 32.1. The first-order valence-electron chi connectivity index (χ1n) is 6.78. The number of carbonyl (C=O) groups excluding carboxylic acids is 1. The summed E-state index contributed by atoms with van der Waals surface area (Å²) in [7, 11) is 1.60. The summed E-state index contributed by atoms with van der Waals surface area (Å²) in [6, 6.07) is 7.19. The lowest BCUT2D eigenvalue weighted by Gasteiger charge is -2.06. The third kappa shape index (κ3) is 2.82. The second-order valence-electron chi connectivity index (χ2n) is 4.89. The van der Waals surface area contributed by atoms with Gasteiger partial charge in [0, 0.05) is 18.7 Å². The lowest BCUT2D eigenvalue weighted by atomic mass is 10.3. The van der Waals surface area contributed by atoms with Crippen LogP contribution in [0, 0.1) is 4.77 Å². The highest BCUT2D eigenvalue weighted by Crippen LogP contribution is 2.16. The van der Waals surface area contributed by atoms with Gasteiger partial charge in [0.25, 0.3) is 0 Å². The topological polar surface area (TPSA) is 61.1 Å². The van der Waals surface area contributed by atoms with E-state index in [-0.39, 0.29) is 12.5 Å². The van der Waals surface area contributed by atoms with E-state index in [9.17, 15) is 4.79 Å². The summed E-state index contributed by atoms with van der Waals surface area (Å²) in [6.07, 6.45) is 2.00. The van der Waals surface area contributed by atoms with Gasteiger partial charge in [-0.2, -0.15) is 5.10 Å². The molecule has 0 radical (unpaired) electrons. The van der Waals surface area contributed by atoms with E-state index in [1.807, 2.05) is 4.57 Å². The molecule has 6 nitrogen and oxygen atoms in total. The van der Waals surface area contributed by atoms with Crippen LogP contribution in [0.25, 0.3) is 0 Å². The van der Waals surface area contributed by atoms with Crippen molar-refractivity contribution in [3.63, 3.8) is 0 Å². The Balaban J connectivity index is 1.67. The van der Waals surface area contributed by atoms with Crippen molar-refractivity contribution in [3.05, 3.63) is 34.9 Å². The molecule has 1 aliphatic heterocycles. The van der Waals surface area contributed by atoms with Gasteiger partial charge < -0.3 is 14.6 Å². The Hall–Kier alpha value is -2.15. The molecule has 0 saturated carbocycles. The first-order valence-corrected chi connectivity index (χ1v) is 7.18. The molecule has 2 aromatic rings. The molecular weight excluding hydrogens is 288 g/mol. The predicted molar refractivity (Wildman–Crippen MR) is 81.0 cm³/mol. The molecular formula is C14H16N4O2S. The maximum Gasteiger partial charge on any atom is 0.246 e. The largest absolute Gasteiger partial charge is 0.497 e. The molecule has 0 bridgehead atoms. The van der Waals surface area contributed by atoms with Gasteiger partial charge in [-0.1, -0.05) is 0 Å². The maximum absolute atomic E-state index is 12.1. The molecule has 2 heterocycles. The van der Waals surface area contributed by atoms with Crippen LogP contribution in [0.15, 0.2) is 24.3 Å². The fourth-order valence-corrected chi connectivity index (χ4v) is 2.71. The van der Waals surface area contributed by atoms with Crippen LogP contribution in [0.3, 0.4) is 0 Å². The second-order valence-corrected chi connectivity index (χ2v) is 5.25. The average Bonchev–Trinajstić information content (AvgIpc) is 3.04. The van der Waals surface area contributed by atoms with E-state index < -0.39 is 0 Å². The van der Waals surface area contributed by atoms with Gasteiger partial charge in [-0.05, 0) is 42.9 Å². The fraction of sp³-hybridized carbons (Fsp3) is 0.357. The molecule has 0 fully saturated rings. The normalized spacial score (nSPS) is 13.0. The van der Waals surface area contributed by atoms with Gasteiger partial charge in [0.05, 0.1) is 7.11 Å². The molecule has 0 unspecified atom stereocenters.